The number of amides is 1. The number of pyridine rings is 1. The highest BCUT2D eigenvalue weighted by Crippen LogP contribution is 2.30. The van der Waals surface area contributed by atoms with Gasteiger partial charge in [0.25, 0.3) is 5.91 Å². The number of aryl methyl sites for hydroxylation is 1. The number of hydrogen-bond acceptors (Lipinski definition) is 5. The highest BCUT2D eigenvalue weighted by molar-refractivity contribution is 8.00. The molecule has 0 spiro atoms. The van der Waals surface area contributed by atoms with E-state index < -0.39 is 0 Å². The quantitative estimate of drug-likeness (QED) is 0.560. The van der Waals surface area contributed by atoms with Crippen LogP contribution in [0, 0.1) is 6.92 Å². The minimum absolute atomic E-state index is 0.216. The molecule has 0 aliphatic rings. The zero-order chi connectivity index (χ0) is 16.7. The molecule has 1 N–H and O–H groups in total. The van der Waals surface area contributed by atoms with Gasteiger partial charge in [0.05, 0.1) is 10.2 Å². The number of carbonyl (C=O) groups excluding carboxylic acids is 1. The predicted molar refractivity (Wildman–Crippen MR) is 99.3 cm³/mol. The Hall–Kier alpha value is -2.38. The Morgan fingerprint density at radius 2 is 2.12 bits per heavy atom. The maximum atomic E-state index is 12.5. The van der Waals surface area contributed by atoms with E-state index in [1.165, 1.54) is 0 Å². The molecule has 3 aromatic heterocycles. The van der Waals surface area contributed by atoms with Crippen molar-refractivity contribution in [3.63, 3.8) is 0 Å². The van der Waals surface area contributed by atoms with Gasteiger partial charge in [0, 0.05) is 17.6 Å². The van der Waals surface area contributed by atoms with E-state index in [0.717, 1.165) is 31.6 Å². The maximum absolute atomic E-state index is 12.5. The molecule has 0 radical (unpaired) electrons. The summed E-state index contributed by atoms with van der Waals surface area (Å²) in [5.41, 5.74) is 3.90. The van der Waals surface area contributed by atoms with Gasteiger partial charge in [0.1, 0.15) is 11.3 Å². The van der Waals surface area contributed by atoms with Crippen LogP contribution in [0.5, 0.6) is 0 Å². The first-order valence-corrected chi connectivity index (χ1v) is 9.39. The molecule has 5 nitrogen and oxygen atoms in total. The normalized spacial score (nSPS) is 11.2. The zero-order valence-corrected chi connectivity index (χ0v) is 14.7. The molecule has 0 saturated carbocycles. The van der Waals surface area contributed by atoms with Crippen LogP contribution in [0.1, 0.15) is 16.2 Å². The summed E-state index contributed by atoms with van der Waals surface area (Å²) in [6.07, 6.45) is 3.77. The van der Waals surface area contributed by atoms with Gasteiger partial charge in [-0.1, -0.05) is 17.8 Å². The zero-order valence-electron chi connectivity index (χ0n) is 13.1. The number of nitrogens with zero attached hydrogens (tertiary/aromatic N) is 3. The van der Waals surface area contributed by atoms with Crippen LogP contribution in [0.3, 0.4) is 0 Å². The van der Waals surface area contributed by atoms with Crippen LogP contribution >= 0.6 is 23.1 Å². The van der Waals surface area contributed by atoms with Gasteiger partial charge in [-0.2, -0.15) is 0 Å². The molecule has 24 heavy (non-hydrogen) atoms. The number of imidazole rings is 1. The maximum Gasteiger partial charge on any atom is 0.275 e. The lowest BCUT2D eigenvalue weighted by molar-refractivity contribution is 0.102. The van der Waals surface area contributed by atoms with Crippen molar-refractivity contribution in [3.05, 3.63) is 54.0 Å². The number of nitrogens with one attached hydrogen (secondary N) is 1. The van der Waals surface area contributed by atoms with Gasteiger partial charge < -0.3 is 9.72 Å². The molecule has 7 heteroatoms. The fourth-order valence-corrected chi connectivity index (χ4v) is 4.05. The Labute approximate surface area is 146 Å². The third kappa shape index (κ3) is 2.65. The molecule has 0 fully saturated rings. The molecule has 0 aliphatic heterocycles. The summed E-state index contributed by atoms with van der Waals surface area (Å²) in [4.78, 5) is 21.4. The number of hydrogen-bond donors (Lipinski definition) is 1. The Morgan fingerprint density at radius 3 is 2.92 bits per heavy atom. The van der Waals surface area contributed by atoms with Crippen molar-refractivity contribution in [2.24, 2.45) is 0 Å². The van der Waals surface area contributed by atoms with Crippen LogP contribution in [0.15, 0.2) is 46.9 Å². The van der Waals surface area contributed by atoms with Crippen LogP contribution in [-0.4, -0.2) is 26.5 Å². The monoisotopic (exact) mass is 354 g/mol. The number of thioether (sulfide) groups is 1. The molecule has 120 valence electrons. The first kappa shape index (κ1) is 15.2. The molecule has 0 atom stereocenters. The summed E-state index contributed by atoms with van der Waals surface area (Å²) in [5, 5.41) is 2.92. The molecular weight excluding hydrogens is 340 g/mol. The van der Waals surface area contributed by atoms with E-state index in [2.05, 4.69) is 15.3 Å². The smallest absolute Gasteiger partial charge is 0.275 e. The van der Waals surface area contributed by atoms with Crippen molar-refractivity contribution < 1.29 is 4.79 Å². The lowest BCUT2D eigenvalue weighted by Crippen LogP contribution is -2.12. The summed E-state index contributed by atoms with van der Waals surface area (Å²) in [6, 6.07) is 11.5. The van der Waals surface area contributed by atoms with Crippen LogP contribution in [0.2, 0.25) is 0 Å². The molecular formula is C17H14N4OS2. The van der Waals surface area contributed by atoms with Crippen molar-refractivity contribution in [1.29, 1.82) is 0 Å². The van der Waals surface area contributed by atoms with E-state index in [4.69, 9.17) is 0 Å². The first-order chi connectivity index (χ1) is 11.6. The molecule has 1 aromatic carbocycles. The van der Waals surface area contributed by atoms with E-state index in [-0.39, 0.29) is 5.91 Å². The number of fused-ring (bicyclic) bond motifs is 2. The fourth-order valence-electron chi connectivity index (χ4n) is 2.52. The SMILES string of the molecule is CSc1nc2ccc(NC(=O)c3cn4c(C)cccc4n3)cc2s1. The van der Waals surface area contributed by atoms with E-state index in [1.54, 1.807) is 29.3 Å². The van der Waals surface area contributed by atoms with Crippen LogP contribution in [0.4, 0.5) is 5.69 Å². The molecule has 0 aliphatic carbocycles. The summed E-state index contributed by atoms with van der Waals surface area (Å²) < 4.78 is 3.98. The largest absolute Gasteiger partial charge is 0.321 e. The molecule has 3 heterocycles. The molecule has 0 bridgehead atoms. The molecule has 0 unspecified atom stereocenters. The lowest BCUT2D eigenvalue weighted by Gasteiger charge is -2.02. The Balaban J connectivity index is 1.63. The Kier molecular flexibility index (Phi) is 3.74. The number of rotatable bonds is 3. The number of carbonyl (C=O) groups is 1. The van der Waals surface area contributed by atoms with Crippen molar-refractivity contribution in [1.82, 2.24) is 14.4 Å². The third-order valence-electron chi connectivity index (χ3n) is 3.73. The standard InChI is InChI=1S/C17H14N4OS2/c1-10-4-3-5-15-19-13(9-21(10)15)16(22)18-11-6-7-12-14(8-11)24-17(20-12)23-2/h3-9H,1-2H3,(H,18,22). The number of thiazole rings is 1. The van der Waals surface area contributed by atoms with Crippen LogP contribution in [-0.2, 0) is 0 Å². The molecule has 0 saturated heterocycles. The average Bonchev–Trinajstić information content (AvgIpc) is 3.18. The van der Waals surface area contributed by atoms with Gasteiger partial charge in [0.15, 0.2) is 4.34 Å². The Morgan fingerprint density at radius 1 is 1.25 bits per heavy atom. The van der Waals surface area contributed by atoms with Crippen molar-refractivity contribution in [2.45, 2.75) is 11.3 Å². The van der Waals surface area contributed by atoms with E-state index in [9.17, 15) is 4.79 Å². The predicted octanol–water partition coefficient (Wildman–Crippen LogP) is 4.23. The summed E-state index contributed by atoms with van der Waals surface area (Å²) in [6.45, 7) is 1.98. The minimum Gasteiger partial charge on any atom is -0.321 e. The van der Waals surface area contributed by atoms with Crippen molar-refractivity contribution in [3.8, 4) is 0 Å². The van der Waals surface area contributed by atoms with Gasteiger partial charge >= 0.3 is 0 Å². The number of benzene rings is 1. The van der Waals surface area contributed by atoms with Gasteiger partial charge in [-0.05, 0) is 43.5 Å². The molecule has 1 amide bonds. The number of aromatic nitrogens is 3. The summed E-state index contributed by atoms with van der Waals surface area (Å²) >= 11 is 3.24. The number of anilines is 1. The second kappa shape index (κ2) is 5.92. The van der Waals surface area contributed by atoms with Crippen LogP contribution < -0.4 is 5.32 Å². The van der Waals surface area contributed by atoms with Gasteiger partial charge in [-0.25, -0.2) is 9.97 Å². The molecule has 4 rings (SSSR count). The Bertz CT molecular complexity index is 1070. The van der Waals surface area contributed by atoms with E-state index in [0.29, 0.717) is 5.69 Å². The second-order valence-corrected chi connectivity index (χ2v) is 7.43. The van der Waals surface area contributed by atoms with Gasteiger partial charge in [-0.3, -0.25) is 4.79 Å². The van der Waals surface area contributed by atoms with E-state index in [1.807, 2.05) is 54.0 Å². The average molecular weight is 354 g/mol. The van der Waals surface area contributed by atoms with Gasteiger partial charge in [0.2, 0.25) is 0 Å². The fraction of sp³-hybridized carbons (Fsp3) is 0.118. The highest BCUT2D eigenvalue weighted by Gasteiger charge is 2.12. The van der Waals surface area contributed by atoms with Gasteiger partial charge in [-0.15, -0.1) is 11.3 Å². The molecule has 4 aromatic rings. The summed E-state index contributed by atoms with van der Waals surface area (Å²) in [5.74, 6) is -0.216. The minimum atomic E-state index is -0.216. The van der Waals surface area contributed by atoms with Crippen molar-refractivity contribution in [2.75, 3.05) is 11.6 Å². The van der Waals surface area contributed by atoms with Crippen molar-refractivity contribution >= 4 is 50.6 Å². The van der Waals surface area contributed by atoms with Crippen LogP contribution in [0.25, 0.3) is 15.9 Å². The highest BCUT2D eigenvalue weighted by atomic mass is 32.2. The summed E-state index contributed by atoms with van der Waals surface area (Å²) in [7, 11) is 0. The lowest BCUT2D eigenvalue weighted by atomic mass is 10.3. The second-order valence-electron chi connectivity index (χ2n) is 5.34. The topological polar surface area (TPSA) is 59.3 Å². The first-order valence-electron chi connectivity index (χ1n) is 7.35. The van der Waals surface area contributed by atoms with E-state index >= 15 is 0 Å². The third-order valence-corrected chi connectivity index (χ3v) is 5.73.